The minimum atomic E-state index is -0.516. The van der Waals surface area contributed by atoms with E-state index in [1.807, 2.05) is 33.2 Å². The van der Waals surface area contributed by atoms with Crippen molar-refractivity contribution in [3.8, 4) is 0 Å². The highest BCUT2D eigenvalue weighted by Crippen LogP contribution is 2.46. The second kappa shape index (κ2) is 5.26. The summed E-state index contributed by atoms with van der Waals surface area (Å²) < 4.78 is 0. The molecule has 1 fully saturated rings. The summed E-state index contributed by atoms with van der Waals surface area (Å²) in [4.78, 5) is 25.1. The predicted molar refractivity (Wildman–Crippen MR) is 92.0 cm³/mol. The van der Waals surface area contributed by atoms with E-state index in [-0.39, 0.29) is 5.91 Å². The highest BCUT2D eigenvalue weighted by Gasteiger charge is 2.44. The van der Waals surface area contributed by atoms with Crippen molar-refractivity contribution in [1.29, 1.82) is 0 Å². The molecule has 1 aliphatic carbocycles. The Hall–Kier alpha value is -2.50. The molecule has 1 aliphatic heterocycles. The zero-order valence-corrected chi connectivity index (χ0v) is 14.1. The van der Waals surface area contributed by atoms with E-state index in [0.717, 1.165) is 29.8 Å². The molecule has 3 heterocycles. The third-order valence-corrected chi connectivity index (χ3v) is 5.10. The fourth-order valence-corrected chi connectivity index (χ4v) is 3.59. The third kappa shape index (κ3) is 2.33. The lowest BCUT2D eigenvalue weighted by atomic mass is 9.71. The molecule has 2 aliphatic rings. The lowest BCUT2D eigenvalue weighted by Crippen LogP contribution is -2.36. The molecule has 24 heavy (non-hydrogen) atoms. The Bertz CT molecular complexity index is 794. The van der Waals surface area contributed by atoms with Crippen LogP contribution >= 0.6 is 0 Å². The first kappa shape index (κ1) is 15.1. The molecule has 0 bridgehead atoms. The molecule has 6 heteroatoms. The van der Waals surface area contributed by atoms with E-state index in [4.69, 9.17) is 0 Å². The van der Waals surface area contributed by atoms with Crippen molar-refractivity contribution in [2.75, 3.05) is 10.6 Å². The topological polar surface area (TPSA) is 79.8 Å². The molecule has 0 atom stereocenters. The van der Waals surface area contributed by atoms with Crippen LogP contribution in [0.3, 0.4) is 0 Å². The van der Waals surface area contributed by atoms with Gasteiger partial charge in [-0.05, 0) is 56.7 Å². The van der Waals surface area contributed by atoms with E-state index in [1.165, 1.54) is 5.56 Å². The van der Waals surface area contributed by atoms with Gasteiger partial charge in [-0.1, -0.05) is 0 Å². The zero-order valence-electron chi connectivity index (χ0n) is 14.1. The van der Waals surface area contributed by atoms with Crippen LogP contribution in [0.15, 0.2) is 24.7 Å². The van der Waals surface area contributed by atoms with Gasteiger partial charge in [-0.2, -0.15) is 0 Å². The third-order valence-electron chi connectivity index (χ3n) is 5.10. The van der Waals surface area contributed by atoms with Crippen molar-refractivity contribution in [3.05, 3.63) is 41.3 Å². The number of anilines is 2. The number of hydrogen-bond donors (Lipinski definition) is 2. The van der Waals surface area contributed by atoms with E-state index in [2.05, 4.69) is 31.7 Å². The van der Waals surface area contributed by atoms with Crippen LogP contribution in [0.2, 0.25) is 0 Å². The summed E-state index contributed by atoms with van der Waals surface area (Å²) in [5.74, 6) is 1.87. The lowest BCUT2D eigenvalue weighted by Gasteiger charge is -2.38. The zero-order chi connectivity index (χ0) is 16.9. The van der Waals surface area contributed by atoms with Gasteiger partial charge in [0.2, 0.25) is 11.9 Å². The molecule has 0 radical (unpaired) electrons. The van der Waals surface area contributed by atoms with Crippen molar-refractivity contribution in [3.63, 3.8) is 0 Å². The molecule has 6 nitrogen and oxygen atoms in total. The van der Waals surface area contributed by atoms with Crippen LogP contribution in [-0.2, 0) is 10.2 Å². The van der Waals surface area contributed by atoms with Gasteiger partial charge in [-0.25, -0.2) is 15.0 Å². The molecule has 0 saturated heterocycles. The Morgan fingerprint density at radius 1 is 1.21 bits per heavy atom. The van der Waals surface area contributed by atoms with Crippen LogP contribution < -0.4 is 10.6 Å². The average Bonchev–Trinajstić information content (AvgIpc) is 2.74. The average molecular weight is 323 g/mol. The fraction of sp³-hybridized carbons (Fsp3) is 0.444. The molecule has 2 aromatic rings. The molecule has 2 aromatic heterocycles. The summed E-state index contributed by atoms with van der Waals surface area (Å²) in [5, 5.41) is 6.28. The van der Waals surface area contributed by atoms with Gasteiger partial charge in [0.1, 0.15) is 5.82 Å². The maximum atomic E-state index is 12.2. The number of rotatable bonds is 3. The Balaban J connectivity index is 1.50. The van der Waals surface area contributed by atoms with Crippen molar-refractivity contribution >= 4 is 17.7 Å². The number of carbonyl (C=O) groups excluding carboxylic acids is 1. The van der Waals surface area contributed by atoms with E-state index in [1.54, 1.807) is 6.20 Å². The van der Waals surface area contributed by atoms with Crippen LogP contribution in [-0.4, -0.2) is 26.9 Å². The van der Waals surface area contributed by atoms with Gasteiger partial charge in [-0.15, -0.1) is 0 Å². The highest BCUT2D eigenvalue weighted by atomic mass is 16.2. The predicted octanol–water partition coefficient (Wildman–Crippen LogP) is 2.77. The first-order chi connectivity index (χ1) is 11.4. The number of carbonyl (C=O) groups is 1. The van der Waals surface area contributed by atoms with Gasteiger partial charge in [0.05, 0.1) is 5.41 Å². The first-order valence-electron chi connectivity index (χ1n) is 8.31. The van der Waals surface area contributed by atoms with E-state index in [0.29, 0.717) is 17.9 Å². The van der Waals surface area contributed by atoms with E-state index < -0.39 is 5.41 Å². The minimum absolute atomic E-state index is 0.0273. The van der Waals surface area contributed by atoms with Gasteiger partial charge in [0.25, 0.3) is 0 Å². The molecule has 1 amide bonds. The van der Waals surface area contributed by atoms with E-state index >= 15 is 0 Å². The second-order valence-electron chi connectivity index (χ2n) is 7.30. The SMILES string of the molecule is Cc1cnc(NC2CC(c3ccnc4c3C(C)(C)C(=O)N4)C2)nc1. The molecule has 0 unspecified atom stereocenters. The largest absolute Gasteiger partial charge is 0.351 e. The molecule has 0 spiro atoms. The number of hydrogen-bond acceptors (Lipinski definition) is 5. The summed E-state index contributed by atoms with van der Waals surface area (Å²) in [6.45, 7) is 5.91. The Labute approximate surface area is 141 Å². The van der Waals surface area contributed by atoms with Crippen molar-refractivity contribution in [2.24, 2.45) is 0 Å². The molecule has 1 saturated carbocycles. The second-order valence-corrected chi connectivity index (χ2v) is 7.30. The summed E-state index contributed by atoms with van der Waals surface area (Å²) >= 11 is 0. The Morgan fingerprint density at radius 3 is 2.62 bits per heavy atom. The summed E-state index contributed by atoms with van der Waals surface area (Å²) in [6.07, 6.45) is 7.46. The molecular weight excluding hydrogens is 302 g/mol. The summed E-state index contributed by atoms with van der Waals surface area (Å²) in [7, 11) is 0. The normalized spacial score (nSPS) is 24.0. The number of nitrogens with zero attached hydrogens (tertiary/aromatic N) is 3. The van der Waals surface area contributed by atoms with Gasteiger partial charge < -0.3 is 10.6 Å². The molecule has 2 N–H and O–H groups in total. The Kier molecular flexibility index (Phi) is 3.30. The Morgan fingerprint density at radius 2 is 1.92 bits per heavy atom. The van der Waals surface area contributed by atoms with Crippen LogP contribution in [0.4, 0.5) is 11.8 Å². The first-order valence-corrected chi connectivity index (χ1v) is 8.31. The van der Waals surface area contributed by atoms with Crippen molar-refractivity contribution in [2.45, 2.75) is 51.0 Å². The van der Waals surface area contributed by atoms with Crippen LogP contribution in [0.1, 0.15) is 49.3 Å². The molecule has 0 aromatic carbocycles. The van der Waals surface area contributed by atoms with Crippen LogP contribution in [0.25, 0.3) is 0 Å². The monoisotopic (exact) mass is 323 g/mol. The number of aryl methyl sites for hydroxylation is 1. The number of nitrogens with one attached hydrogen (secondary N) is 2. The molecular formula is C18H21N5O. The molecule has 4 rings (SSSR count). The maximum Gasteiger partial charge on any atom is 0.235 e. The van der Waals surface area contributed by atoms with Gasteiger partial charge in [0, 0.05) is 30.2 Å². The quantitative estimate of drug-likeness (QED) is 0.908. The van der Waals surface area contributed by atoms with Crippen LogP contribution in [0.5, 0.6) is 0 Å². The van der Waals surface area contributed by atoms with Crippen LogP contribution in [0, 0.1) is 6.92 Å². The minimum Gasteiger partial charge on any atom is -0.351 e. The molecule has 124 valence electrons. The fourth-order valence-electron chi connectivity index (χ4n) is 3.59. The maximum absolute atomic E-state index is 12.2. The van der Waals surface area contributed by atoms with Gasteiger partial charge in [-0.3, -0.25) is 4.79 Å². The van der Waals surface area contributed by atoms with Crippen molar-refractivity contribution in [1.82, 2.24) is 15.0 Å². The standard InChI is InChI=1S/C18H21N5O/c1-10-8-20-17(21-9-10)22-12-6-11(7-12)13-4-5-19-15-14(13)18(2,3)16(24)23-15/h4-5,8-9,11-12H,6-7H2,1-3H3,(H,19,23,24)(H,20,21,22). The van der Waals surface area contributed by atoms with E-state index in [9.17, 15) is 4.79 Å². The summed E-state index contributed by atoms with van der Waals surface area (Å²) in [5.41, 5.74) is 2.84. The number of pyridine rings is 1. The number of fused-ring (bicyclic) bond motifs is 1. The smallest absolute Gasteiger partial charge is 0.235 e. The summed E-state index contributed by atoms with van der Waals surface area (Å²) in [6, 6.07) is 2.43. The van der Waals surface area contributed by atoms with Gasteiger partial charge >= 0.3 is 0 Å². The lowest BCUT2D eigenvalue weighted by molar-refractivity contribution is -0.119. The van der Waals surface area contributed by atoms with Gasteiger partial charge in [0.15, 0.2) is 0 Å². The van der Waals surface area contributed by atoms with Crippen molar-refractivity contribution < 1.29 is 4.79 Å². The number of aromatic nitrogens is 3. The number of amides is 1. The highest BCUT2D eigenvalue weighted by molar-refractivity contribution is 6.05.